The zero-order chi connectivity index (χ0) is 9.07. The maximum Gasteiger partial charge on any atom is 0.318 e. The van der Waals surface area contributed by atoms with Gasteiger partial charge in [-0.25, -0.2) is 8.42 Å². The molecule has 0 saturated carbocycles. The fourth-order valence-corrected chi connectivity index (χ4v) is 0.666. The predicted molar refractivity (Wildman–Crippen MR) is 38.9 cm³/mol. The highest BCUT2D eigenvalue weighted by atomic mass is 32.2. The molecular formula is C5H10NO4S-. The first-order valence-electron chi connectivity index (χ1n) is 2.73. The number of methoxy groups -OCH3 is 1. The lowest BCUT2D eigenvalue weighted by Crippen LogP contribution is -2.29. The van der Waals surface area contributed by atoms with Crippen molar-refractivity contribution in [1.29, 1.82) is 0 Å². The van der Waals surface area contributed by atoms with Crippen LogP contribution in [0.1, 0.15) is 0 Å². The second-order valence-corrected chi connectivity index (χ2v) is 3.93. The Morgan fingerprint density at radius 3 is 2.36 bits per heavy atom. The van der Waals surface area contributed by atoms with Gasteiger partial charge in [0.25, 0.3) is 0 Å². The molecule has 0 unspecified atom stereocenters. The van der Waals surface area contributed by atoms with Gasteiger partial charge >= 0.3 is 5.97 Å². The molecule has 0 aliphatic heterocycles. The molecule has 0 heterocycles. The number of carbonyl (C=O) groups excluding carboxylic acids is 1. The van der Waals surface area contributed by atoms with Gasteiger partial charge in [0.2, 0.25) is 0 Å². The molecule has 0 aromatic rings. The maximum atomic E-state index is 10.6. The van der Waals surface area contributed by atoms with Crippen LogP contribution in [0.5, 0.6) is 0 Å². The number of esters is 1. The van der Waals surface area contributed by atoms with Crippen LogP contribution >= 0.6 is 0 Å². The van der Waals surface area contributed by atoms with Gasteiger partial charge in [0.15, 0.2) is 10.0 Å². The van der Waals surface area contributed by atoms with Gasteiger partial charge < -0.3 is 9.04 Å². The fourth-order valence-electron chi connectivity index (χ4n) is 0.326. The standard InChI is InChI=1S/C5H10NO4S/c1-6(11(3,8)9)4-5(7)10-2/h1,4H2,2-3H3/q-1. The van der Waals surface area contributed by atoms with Crippen LogP contribution in [0.15, 0.2) is 0 Å². The molecule has 0 aliphatic carbocycles. The van der Waals surface area contributed by atoms with Gasteiger partial charge in [-0.1, -0.05) is 0 Å². The molecule has 0 aromatic heterocycles. The van der Waals surface area contributed by atoms with Crippen molar-refractivity contribution in [1.82, 2.24) is 4.31 Å². The van der Waals surface area contributed by atoms with Crippen LogP contribution in [0, 0.1) is 7.05 Å². The topological polar surface area (TPSA) is 63.7 Å². The molecule has 6 heteroatoms. The number of hydrogen-bond acceptors (Lipinski definition) is 4. The lowest BCUT2D eigenvalue weighted by molar-refractivity contribution is -0.140. The Morgan fingerprint density at radius 1 is 1.64 bits per heavy atom. The smallest absolute Gasteiger partial charge is 0.318 e. The average molecular weight is 180 g/mol. The summed E-state index contributed by atoms with van der Waals surface area (Å²) in [5.74, 6) is -0.634. The van der Waals surface area contributed by atoms with Crippen molar-refractivity contribution in [3.8, 4) is 0 Å². The summed E-state index contributed by atoms with van der Waals surface area (Å²) in [7, 11) is 0.934. The van der Waals surface area contributed by atoms with Gasteiger partial charge in [-0.15, -0.1) is 0 Å². The van der Waals surface area contributed by atoms with E-state index >= 15 is 0 Å². The van der Waals surface area contributed by atoms with Gasteiger partial charge in [0, 0.05) is 0 Å². The number of nitrogens with zero attached hydrogens (tertiary/aromatic N) is 1. The van der Waals surface area contributed by atoms with E-state index < -0.39 is 16.0 Å². The highest BCUT2D eigenvalue weighted by Gasteiger charge is 2.08. The van der Waals surface area contributed by atoms with Crippen LogP contribution in [-0.2, 0) is 19.6 Å². The lowest BCUT2D eigenvalue weighted by Gasteiger charge is -2.19. The van der Waals surface area contributed by atoms with E-state index in [1.165, 1.54) is 7.11 Å². The summed E-state index contributed by atoms with van der Waals surface area (Å²) in [6, 6.07) is 0. The number of carbonyl (C=O) groups is 1. The van der Waals surface area contributed by atoms with Crippen molar-refractivity contribution in [2.45, 2.75) is 0 Å². The second-order valence-electron chi connectivity index (χ2n) is 1.95. The molecule has 0 fully saturated rings. The Morgan fingerprint density at radius 2 is 2.09 bits per heavy atom. The van der Waals surface area contributed by atoms with Crippen LogP contribution in [-0.4, -0.2) is 38.6 Å². The molecule has 0 saturated heterocycles. The SMILES string of the molecule is [CH2-]N(CC(=O)OC)S(C)(=O)=O. The Labute approximate surface area is 66.0 Å². The summed E-state index contributed by atoms with van der Waals surface area (Å²) in [6.45, 7) is -0.352. The van der Waals surface area contributed by atoms with Crippen molar-refractivity contribution >= 4 is 16.0 Å². The van der Waals surface area contributed by atoms with E-state index in [1.807, 2.05) is 0 Å². The van der Waals surface area contributed by atoms with Crippen LogP contribution in [0.2, 0.25) is 0 Å². The van der Waals surface area contributed by atoms with Gasteiger partial charge in [0.05, 0.1) is 19.9 Å². The zero-order valence-electron chi connectivity index (χ0n) is 6.40. The first-order valence-corrected chi connectivity index (χ1v) is 4.57. The van der Waals surface area contributed by atoms with Crippen molar-refractivity contribution in [3.05, 3.63) is 7.05 Å². The minimum absolute atomic E-state index is 0.352. The van der Waals surface area contributed by atoms with Crippen molar-refractivity contribution < 1.29 is 17.9 Å². The van der Waals surface area contributed by atoms with Crippen LogP contribution < -0.4 is 0 Å². The molecule has 5 nitrogen and oxygen atoms in total. The normalized spacial score (nSPS) is 11.6. The largest absolute Gasteiger partial charge is 0.468 e. The lowest BCUT2D eigenvalue weighted by atomic mass is 10.7. The third kappa shape index (κ3) is 3.94. The quantitative estimate of drug-likeness (QED) is 0.422. The molecule has 0 bridgehead atoms. The molecular weight excluding hydrogens is 170 g/mol. The third-order valence-electron chi connectivity index (χ3n) is 1.00. The first kappa shape index (κ1) is 10.4. The average Bonchev–Trinajstić information content (AvgIpc) is 1.85. The molecule has 0 spiro atoms. The molecule has 0 N–H and O–H groups in total. The Hall–Kier alpha value is -0.620. The number of hydrogen-bond donors (Lipinski definition) is 0. The number of sulfonamides is 1. The summed E-state index contributed by atoms with van der Waals surface area (Å²) in [5, 5.41) is 0. The van der Waals surface area contributed by atoms with E-state index in [0.29, 0.717) is 4.31 Å². The molecule has 11 heavy (non-hydrogen) atoms. The van der Waals surface area contributed by atoms with Crippen LogP contribution in [0.3, 0.4) is 0 Å². The van der Waals surface area contributed by atoms with Gasteiger partial charge in [0.1, 0.15) is 0 Å². The molecule has 0 aliphatic rings. The number of ether oxygens (including phenoxy) is 1. The molecule has 0 amide bonds. The molecule has 0 aromatic carbocycles. The maximum absolute atomic E-state index is 10.6. The Balaban J connectivity index is 4.10. The predicted octanol–water partition coefficient (Wildman–Crippen LogP) is -0.787. The van der Waals surface area contributed by atoms with Gasteiger partial charge in [-0.2, -0.15) is 0 Å². The zero-order valence-corrected chi connectivity index (χ0v) is 7.22. The summed E-state index contributed by atoms with van der Waals surface area (Å²) in [6.07, 6.45) is 0.961. The summed E-state index contributed by atoms with van der Waals surface area (Å²) in [4.78, 5) is 10.5. The molecule has 0 rings (SSSR count). The van der Waals surface area contributed by atoms with E-state index in [-0.39, 0.29) is 6.54 Å². The Bertz CT molecular complexity index is 233. The first-order chi connectivity index (χ1) is 4.88. The van der Waals surface area contributed by atoms with Crippen molar-refractivity contribution in [3.63, 3.8) is 0 Å². The van der Waals surface area contributed by atoms with E-state index in [0.717, 1.165) is 6.26 Å². The summed E-state index contributed by atoms with van der Waals surface area (Å²) < 4.78 is 26.2. The molecule has 0 atom stereocenters. The Kier molecular flexibility index (Phi) is 3.47. The highest BCUT2D eigenvalue weighted by molar-refractivity contribution is 7.88. The van der Waals surface area contributed by atoms with Gasteiger partial charge in [-0.05, 0) is 0 Å². The third-order valence-corrected chi connectivity index (χ3v) is 2.07. The van der Waals surface area contributed by atoms with E-state index in [1.54, 1.807) is 0 Å². The fraction of sp³-hybridized carbons (Fsp3) is 0.600. The minimum Gasteiger partial charge on any atom is -0.468 e. The molecule has 66 valence electrons. The van der Waals surface area contributed by atoms with E-state index in [2.05, 4.69) is 11.8 Å². The summed E-state index contributed by atoms with van der Waals surface area (Å²) in [5.41, 5.74) is 0. The monoisotopic (exact) mass is 180 g/mol. The van der Waals surface area contributed by atoms with Crippen molar-refractivity contribution in [2.75, 3.05) is 19.9 Å². The van der Waals surface area contributed by atoms with E-state index in [9.17, 15) is 13.2 Å². The van der Waals surface area contributed by atoms with Crippen LogP contribution in [0.25, 0.3) is 0 Å². The van der Waals surface area contributed by atoms with Crippen molar-refractivity contribution in [2.24, 2.45) is 0 Å². The van der Waals surface area contributed by atoms with Crippen LogP contribution in [0.4, 0.5) is 0 Å². The minimum atomic E-state index is -3.39. The van der Waals surface area contributed by atoms with Gasteiger partial charge in [-0.3, -0.25) is 11.8 Å². The molecule has 0 radical (unpaired) electrons. The summed E-state index contributed by atoms with van der Waals surface area (Å²) >= 11 is 0. The highest BCUT2D eigenvalue weighted by Crippen LogP contribution is 1.94. The number of rotatable bonds is 3. The second kappa shape index (κ2) is 3.68. The van der Waals surface area contributed by atoms with E-state index in [4.69, 9.17) is 0 Å².